The average Bonchev–Trinajstić information content (AvgIpc) is 2.45. The number of hydrogen-bond donors (Lipinski definition) is 0. The van der Waals surface area contributed by atoms with Gasteiger partial charge >= 0.3 is 0 Å². The number of hydrogen-bond acceptors (Lipinski definition) is 3. The predicted octanol–water partition coefficient (Wildman–Crippen LogP) is 2.62. The minimum absolute atomic E-state index is 0.693. The van der Waals surface area contributed by atoms with Crippen molar-refractivity contribution in [3.8, 4) is 0 Å². The highest BCUT2D eigenvalue weighted by Gasteiger charge is 1.85. The molecule has 0 aliphatic carbocycles. The van der Waals surface area contributed by atoms with Crippen molar-refractivity contribution in [1.82, 2.24) is 4.98 Å². The predicted molar refractivity (Wildman–Crippen MR) is 75.6 cm³/mol. The van der Waals surface area contributed by atoms with Crippen LogP contribution in [0, 0.1) is 0 Å². The number of nitrogens with zero attached hydrogens (tertiary/aromatic N) is 3. The smallest absolute Gasteiger partial charge is 0.0585 e. The van der Waals surface area contributed by atoms with E-state index in [0.29, 0.717) is 13.1 Å². The van der Waals surface area contributed by atoms with E-state index in [0.717, 1.165) is 11.1 Å². The zero-order chi connectivity index (χ0) is 12.5. The van der Waals surface area contributed by atoms with Gasteiger partial charge in [-0.3, -0.25) is 15.0 Å². The Morgan fingerprint density at radius 3 is 2.17 bits per heavy atom. The Labute approximate surface area is 107 Å². The third-order valence-electron chi connectivity index (χ3n) is 2.32. The van der Waals surface area contributed by atoms with Crippen LogP contribution in [0.25, 0.3) is 0 Å². The van der Waals surface area contributed by atoms with Crippen molar-refractivity contribution < 1.29 is 0 Å². The molecule has 0 amide bonds. The van der Waals surface area contributed by atoms with Crippen molar-refractivity contribution in [3.63, 3.8) is 0 Å². The first-order valence-electron chi connectivity index (χ1n) is 5.90. The lowest BCUT2D eigenvalue weighted by Crippen LogP contribution is -1.90. The van der Waals surface area contributed by atoms with E-state index in [1.807, 2.05) is 54.9 Å². The van der Waals surface area contributed by atoms with Gasteiger partial charge in [0.25, 0.3) is 0 Å². The lowest BCUT2D eigenvalue weighted by atomic mass is 10.2. The summed E-state index contributed by atoms with van der Waals surface area (Å²) in [6.45, 7) is 1.39. The molecule has 0 fully saturated rings. The second-order valence-electron chi connectivity index (χ2n) is 3.77. The Hall–Kier alpha value is -2.29. The molecule has 90 valence electrons. The van der Waals surface area contributed by atoms with E-state index in [1.165, 1.54) is 0 Å². The van der Waals surface area contributed by atoms with Crippen molar-refractivity contribution in [2.75, 3.05) is 13.1 Å². The number of aromatic nitrogens is 1. The first-order valence-corrected chi connectivity index (χ1v) is 5.90. The summed E-state index contributed by atoms with van der Waals surface area (Å²) in [7, 11) is 0. The molecule has 0 aliphatic heterocycles. The molecule has 0 saturated heterocycles. The molecule has 2 aromatic rings. The summed E-state index contributed by atoms with van der Waals surface area (Å²) in [5.41, 5.74) is 2.14. The molecule has 3 heteroatoms. The SMILES string of the molecule is C(=NCCN=Cc1cccnc1)c1ccccc1. The van der Waals surface area contributed by atoms with E-state index in [2.05, 4.69) is 15.0 Å². The maximum absolute atomic E-state index is 4.32. The van der Waals surface area contributed by atoms with Crippen LogP contribution >= 0.6 is 0 Å². The molecular weight excluding hydrogens is 222 g/mol. The first kappa shape index (κ1) is 12.2. The second-order valence-corrected chi connectivity index (χ2v) is 3.77. The van der Waals surface area contributed by atoms with Crippen LogP contribution < -0.4 is 0 Å². The Morgan fingerprint density at radius 2 is 1.50 bits per heavy atom. The molecule has 0 bridgehead atoms. The van der Waals surface area contributed by atoms with Crippen LogP contribution in [0.3, 0.4) is 0 Å². The molecule has 0 saturated carbocycles. The summed E-state index contributed by atoms with van der Waals surface area (Å²) < 4.78 is 0. The van der Waals surface area contributed by atoms with Crippen LogP contribution in [-0.4, -0.2) is 30.5 Å². The van der Waals surface area contributed by atoms with E-state index in [9.17, 15) is 0 Å². The Morgan fingerprint density at radius 1 is 0.833 bits per heavy atom. The van der Waals surface area contributed by atoms with Gasteiger partial charge in [-0.2, -0.15) is 0 Å². The van der Waals surface area contributed by atoms with Gasteiger partial charge in [-0.1, -0.05) is 36.4 Å². The van der Waals surface area contributed by atoms with Gasteiger partial charge in [0, 0.05) is 30.4 Å². The summed E-state index contributed by atoms with van der Waals surface area (Å²) in [6, 6.07) is 13.9. The minimum atomic E-state index is 0.693. The lowest BCUT2D eigenvalue weighted by molar-refractivity contribution is 0.985. The maximum Gasteiger partial charge on any atom is 0.0585 e. The number of pyridine rings is 1. The highest BCUT2D eigenvalue weighted by molar-refractivity contribution is 5.79. The van der Waals surface area contributed by atoms with Crippen LogP contribution in [0.4, 0.5) is 0 Å². The van der Waals surface area contributed by atoms with Crippen LogP contribution in [0.1, 0.15) is 11.1 Å². The van der Waals surface area contributed by atoms with Gasteiger partial charge in [0.2, 0.25) is 0 Å². The third kappa shape index (κ3) is 4.29. The highest BCUT2D eigenvalue weighted by atomic mass is 14.8. The third-order valence-corrected chi connectivity index (χ3v) is 2.32. The molecule has 0 unspecified atom stereocenters. The Balaban J connectivity index is 1.73. The second kappa shape index (κ2) is 7.12. The van der Waals surface area contributed by atoms with Gasteiger partial charge in [0.05, 0.1) is 13.1 Å². The summed E-state index contributed by atoms with van der Waals surface area (Å²) in [4.78, 5) is 12.6. The normalized spacial score (nSPS) is 11.3. The van der Waals surface area contributed by atoms with E-state index in [1.54, 1.807) is 12.4 Å². The maximum atomic E-state index is 4.32. The molecule has 1 aromatic carbocycles. The molecule has 3 nitrogen and oxygen atoms in total. The van der Waals surface area contributed by atoms with Gasteiger partial charge in [-0.05, 0) is 11.6 Å². The lowest BCUT2D eigenvalue weighted by Gasteiger charge is -1.92. The van der Waals surface area contributed by atoms with Crippen molar-refractivity contribution in [2.45, 2.75) is 0 Å². The molecule has 0 radical (unpaired) electrons. The molecule has 0 aliphatic rings. The first-order chi connectivity index (χ1) is 8.95. The minimum Gasteiger partial charge on any atom is -0.291 e. The van der Waals surface area contributed by atoms with E-state index >= 15 is 0 Å². The monoisotopic (exact) mass is 237 g/mol. The van der Waals surface area contributed by atoms with Crippen LogP contribution in [0.15, 0.2) is 64.8 Å². The molecule has 1 aromatic heterocycles. The zero-order valence-electron chi connectivity index (χ0n) is 10.1. The average molecular weight is 237 g/mol. The van der Waals surface area contributed by atoms with Crippen molar-refractivity contribution in [3.05, 3.63) is 66.0 Å². The van der Waals surface area contributed by atoms with Crippen LogP contribution in [-0.2, 0) is 0 Å². The molecule has 0 N–H and O–H groups in total. The summed E-state index contributed by atoms with van der Waals surface area (Å²) >= 11 is 0. The van der Waals surface area contributed by atoms with E-state index < -0.39 is 0 Å². The Kier molecular flexibility index (Phi) is 4.81. The number of benzene rings is 1. The van der Waals surface area contributed by atoms with Crippen LogP contribution in [0.2, 0.25) is 0 Å². The van der Waals surface area contributed by atoms with Gasteiger partial charge in [-0.15, -0.1) is 0 Å². The van der Waals surface area contributed by atoms with Gasteiger partial charge in [0.1, 0.15) is 0 Å². The number of aliphatic imine (C=N–C) groups is 2. The topological polar surface area (TPSA) is 37.6 Å². The van der Waals surface area contributed by atoms with Gasteiger partial charge in [-0.25, -0.2) is 0 Å². The van der Waals surface area contributed by atoms with E-state index in [4.69, 9.17) is 0 Å². The number of rotatable bonds is 5. The molecular formula is C15H15N3. The van der Waals surface area contributed by atoms with Crippen molar-refractivity contribution >= 4 is 12.4 Å². The van der Waals surface area contributed by atoms with Gasteiger partial charge < -0.3 is 0 Å². The van der Waals surface area contributed by atoms with Crippen molar-refractivity contribution in [2.24, 2.45) is 9.98 Å². The Bertz CT molecular complexity index is 454. The fourth-order valence-corrected chi connectivity index (χ4v) is 1.45. The van der Waals surface area contributed by atoms with Crippen molar-refractivity contribution in [1.29, 1.82) is 0 Å². The zero-order valence-corrected chi connectivity index (χ0v) is 10.1. The van der Waals surface area contributed by atoms with Gasteiger partial charge in [0.15, 0.2) is 0 Å². The molecule has 0 atom stereocenters. The molecule has 18 heavy (non-hydrogen) atoms. The highest BCUT2D eigenvalue weighted by Crippen LogP contribution is 1.94. The summed E-state index contributed by atoms with van der Waals surface area (Å²) in [5, 5.41) is 0. The fourth-order valence-electron chi connectivity index (χ4n) is 1.45. The largest absolute Gasteiger partial charge is 0.291 e. The fraction of sp³-hybridized carbons (Fsp3) is 0.133. The molecule has 1 heterocycles. The standard InChI is InChI=1S/C15H15N3/c1-2-5-14(6-3-1)11-17-9-10-18-13-15-7-4-8-16-12-15/h1-8,11-13H,9-10H2. The summed E-state index contributed by atoms with van der Waals surface area (Å²) in [6.07, 6.45) is 7.24. The van der Waals surface area contributed by atoms with E-state index in [-0.39, 0.29) is 0 Å². The van der Waals surface area contributed by atoms with Crippen LogP contribution in [0.5, 0.6) is 0 Å². The molecule has 0 spiro atoms. The molecule has 2 rings (SSSR count). The summed E-state index contributed by atoms with van der Waals surface area (Å²) in [5.74, 6) is 0. The quantitative estimate of drug-likeness (QED) is 0.582.